The molecule has 0 aromatic heterocycles. The molecule has 0 aromatic carbocycles. The van der Waals surface area contributed by atoms with Gasteiger partial charge in [-0.25, -0.2) is 0 Å². The summed E-state index contributed by atoms with van der Waals surface area (Å²) in [4.78, 5) is 0. The fourth-order valence-corrected chi connectivity index (χ4v) is 6.25. The van der Waals surface area contributed by atoms with Crippen molar-refractivity contribution in [3.8, 4) is 0 Å². The largest absolute Gasteiger partial charge is 0.566 e. The van der Waals surface area contributed by atoms with Gasteiger partial charge in [-0.1, -0.05) is 20.8 Å². The Morgan fingerprint density at radius 2 is 1.33 bits per heavy atom. The Balaban J connectivity index is 3.23. The van der Waals surface area contributed by atoms with E-state index in [1.807, 2.05) is 6.92 Å². The summed E-state index contributed by atoms with van der Waals surface area (Å²) in [6.45, 7) is 11.7. The van der Waals surface area contributed by atoms with E-state index in [-0.39, 0.29) is 6.10 Å². The molecule has 0 bridgehead atoms. The minimum atomic E-state index is -3.46. The number of hydrogen-bond acceptors (Lipinski definition) is 8. The summed E-state index contributed by atoms with van der Waals surface area (Å²) in [5, 5.41) is 0. The first-order valence-electron chi connectivity index (χ1n) is 11.2. The molecular weight excluding hydrogens is 408 g/mol. The van der Waals surface area contributed by atoms with E-state index >= 15 is 0 Å². The monoisotopic (exact) mass is 452 g/mol. The van der Waals surface area contributed by atoms with E-state index in [1.165, 1.54) is 0 Å². The van der Waals surface area contributed by atoms with Crippen LogP contribution in [0.25, 0.3) is 0 Å². The van der Waals surface area contributed by atoms with Crippen molar-refractivity contribution in [1.82, 2.24) is 0 Å². The molecular formula is C21H44O8Si. The van der Waals surface area contributed by atoms with Gasteiger partial charge in [-0.2, -0.15) is 0 Å². The summed E-state index contributed by atoms with van der Waals surface area (Å²) < 4.78 is 48.1. The zero-order valence-corrected chi connectivity index (χ0v) is 21.1. The first-order chi connectivity index (χ1) is 14.4. The van der Waals surface area contributed by atoms with Gasteiger partial charge in [0.1, 0.15) is 11.7 Å². The zero-order chi connectivity index (χ0) is 22.5. The zero-order valence-electron chi connectivity index (χ0n) is 20.1. The standard InChI is InChI=1S/C21H44O8Si/c1-8-13-27-20(4,12-11-16-25-17-19-18-26-19)21(28-14-9-2,29-15-10-3)30(22-5,23-6)24-7/h19H,8-18H2,1-7H3. The van der Waals surface area contributed by atoms with Gasteiger partial charge in [-0.05, 0) is 39.0 Å². The molecule has 1 aliphatic rings. The number of hydrogen-bond donors (Lipinski definition) is 0. The lowest BCUT2D eigenvalue weighted by Gasteiger charge is -2.52. The van der Waals surface area contributed by atoms with Gasteiger partial charge in [0, 0.05) is 47.8 Å². The van der Waals surface area contributed by atoms with E-state index in [2.05, 4.69) is 20.8 Å². The van der Waals surface area contributed by atoms with Crippen LogP contribution in [0.3, 0.4) is 0 Å². The van der Waals surface area contributed by atoms with Crippen LogP contribution >= 0.6 is 0 Å². The van der Waals surface area contributed by atoms with Gasteiger partial charge >= 0.3 is 8.80 Å². The molecule has 1 aliphatic heterocycles. The average Bonchev–Trinajstić information content (AvgIpc) is 3.59. The molecule has 1 saturated heterocycles. The Bertz CT molecular complexity index is 428. The number of rotatable bonds is 20. The Labute approximate surface area is 184 Å². The Morgan fingerprint density at radius 3 is 1.77 bits per heavy atom. The van der Waals surface area contributed by atoms with Crippen LogP contribution in [0.4, 0.5) is 0 Å². The van der Waals surface area contributed by atoms with E-state index in [4.69, 9.17) is 37.0 Å². The van der Waals surface area contributed by atoms with Crippen LogP contribution in [0.5, 0.6) is 0 Å². The van der Waals surface area contributed by atoms with E-state index in [9.17, 15) is 0 Å². The molecule has 0 saturated carbocycles. The minimum absolute atomic E-state index is 0.253. The predicted octanol–water partition coefficient (Wildman–Crippen LogP) is 3.33. The molecule has 1 rings (SSSR count). The van der Waals surface area contributed by atoms with Crippen LogP contribution in [-0.2, 0) is 37.0 Å². The summed E-state index contributed by atoms with van der Waals surface area (Å²) in [7, 11) is 1.28. The molecule has 0 aliphatic carbocycles. The Kier molecular flexibility index (Phi) is 13.2. The van der Waals surface area contributed by atoms with Crippen LogP contribution in [-0.4, -0.2) is 86.9 Å². The second-order valence-electron chi connectivity index (χ2n) is 7.70. The highest BCUT2D eigenvalue weighted by atomic mass is 28.4. The van der Waals surface area contributed by atoms with Crippen molar-refractivity contribution in [1.29, 1.82) is 0 Å². The molecule has 1 heterocycles. The van der Waals surface area contributed by atoms with Gasteiger partial charge in [0.25, 0.3) is 5.41 Å². The second kappa shape index (κ2) is 14.1. The quantitative estimate of drug-likeness (QED) is 0.120. The minimum Gasteiger partial charge on any atom is -0.379 e. The fraction of sp³-hybridized carbons (Fsp3) is 1.00. The summed E-state index contributed by atoms with van der Waals surface area (Å²) in [5.74, 6) is 0. The van der Waals surface area contributed by atoms with Crippen LogP contribution in [0.1, 0.15) is 59.8 Å². The van der Waals surface area contributed by atoms with Gasteiger partial charge in [-0.15, -0.1) is 0 Å². The second-order valence-corrected chi connectivity index (χ2v) is 10.7. The van der Waals surface area contributed by atoms with Crippen molar-refractivity contribution in [3.63, 3.8) is 0 Å². The molecule has 180 valence electrons. The van der Waals surface area contributed by atoms with Crippen LogP contribution in [0.15, 0.2) is 0 Å². The Hall–Kier alpha value is -0.103. The number of epoxide rings is 1. The molecule has 0 aromatic rings. The lowest BCUT2D eigenvalue weighted by atomic mass is 9.98. The van der Waals surface area contributed by atoms with E-state index in [0.717, 1.165) is 32.3 Å². The van der Waals surface area contributed by atoms with E-state index < -0.39 is 19.8 Å². The SMILES string of the molecule is CCCOC(C)(CCCOCC1CO1)C(OCCC)(OCCC)[Si](OC)(OC)OC. The van der Waals surface area contributed by atoms with Crippen LogP contribution in [0.2, 0.25) is 0 Å². The third-order valence-corrected chi connectivity index (χ3v) is 8.43. The molecule has 0 N–H and O–H groups in total. The molecule has 0 radical (unpaired) electrons. The summed E-state index contributed by atoms with van der Waals surface area (Å²) in [6, 6.07) is 0. The molecule has 9 heteroatoms. The third-order valence-electron chi connectivity index (χ3n) is 5.20. The first kappa shape index (κ1) is 27.9. The van der Waals surface area contributed by atoms with Crippen molar-refractivity contribution in [2.45, 2.75) is 76.9 Å². The van der Waals surface area contributed by atoms with Crippen molar-refractivity contribution in [2.75, 3.05) is 61.0 Å². The maximum absolute atomic E-state index is 6.47. The maximum Gasteiger partial charge on any atom is 0.566 e. The summed E-state index contributed by atoms with van der Waals surface area (Å²) in [6.07, 6.45) is 4.14. The van der Waals surface area contributed by atoms with Crippen LogP contribution < -0.4 is 0 Å². The van der Waals surface area contributed by atoms with Crippen molar-refractivity contribution >= 4 is 8.80 Å². The van der Waals surface area contributed by atoms with E-state index in [0.29, 0.717) is 39.5 Å². The summed E-state index contributed by atoms with van der Waals surface area (Å²) >= 11 is 0. The normalized spacial score (nSPS) is 19.1. The highest BCUT2D eigenvalue weighted by molar-refractivity contribution is 6.63. The fourth-order valence-electron chi connectivity index (χ4n) is 3.54. The number of ether oxygens (including phenoxy) is 5. The first-order valence-corrected chi connectivity index (χ1v) is 12.9. The highest BCUT2D eigenvalue weighted by Crippen LogP contribution is 2.43. The molecule has 0 amide bonds. The molecule has 2 unspecified atom stereocenters. The van der Waals surface area contributed by atoms with Crippen molar-refractivity contribution < 1.29 is 37.0 Å². The topological polar surface area (TPSA) is 77.1 Å². The molecule has 2 atom stereocenters. The van der Waals surface area contributed by atoms with Gasteiger partial charge < -0.3 is 37.0 Å². The third kappa shape index (κ3) is 6.95. The molecule has 30 heavy (non-hydrogen) atoms. The molecule has 1 fully saturated rings. The predicted molar refractivity (Wildman–Crippen MR) is 116 cm³/mol. The van der Waals surface area contributed by atoms with Crippen molar-refractivity contribution in [2.24, 2.45) is 0 Å². The lowest BCUT2D eigenvalue weighted by molar-refractivity contribution is -0.310. The smallest absolute Gasteiger partial charge is 0.379 e. The van der Waals surface area contributed by atoms with Gasteiger partial charge in [-0.3, -0.25) is 0 Å². The molecule has 8 nitrogen and oxygen atoms in total. The molecule has 0 spiro atoms. The van der Waals surface area contributed by atoms with Gasteiger partial charge in [0.05, 0.1) is 13.2 Å². The van der Waals surface area contributed by atoms with Crippen LogP contribution in [0, 0.1) is 0 Å². The summed E-state index contributed by atoms with van der Waals surface area (Å²) in [5.41, 5.74) is -2.17. The van der Waals surface area contributed by atoms with E-state index in [1.54, 1.807) is 21.3 Å². The van der Waals surface area contributed by atoms with Crippen molar-refractivity contribution in [3.05, 3.63) is 0 Å². The highest BCUT2D eigenvalue weighted by Gasteiger charge is 2.72. The van der Waals surface area contributed by atoms with Gasteiger partial charge in [0.15, 0.2) is 0 Å². The lowest BCUT2D eigenvalue weighted by Crippen LogP contribution is -2.76. The average molecular weight is 453 g/mol. The van der Waals surface area contributed by atoms with Gasteiger partial charge in [0.2, 0.25) is 0 Å². The Morgan fingerprint density at radius 1 is 0.833 bits per heavy atom. The maximum atomic E-state index is 6.47.